The number of benzene rings is 1. The Bertz CT molecular complexity index is 600. The molecular formula is C13H17ClF3NO2S. The summed E-state index contributed by atoms with van der Waals surface area (Å²) in [7, 11) is -4.24. The fraction of sp³-hybridized carbons (Fsp3) is 0.538. The lowest BCUT2D eigenvalue weighted by Crippen LogP contribution is -2.43. The first-order chi connectivity index (χ1) is 9.49. The maximum Gasteiger partial charge on any atom is 0.402 e. The van der Waals surface area contributed by atoms with Crippen LogP contribution in [0.5, 0.6) is 0 Å². The zero-order valence-corrected chi connectivity index (χ0v) is 13.5. The van der Waals surface area contributed by atoms with Crippen molar-refractivity contribution in [3.63, 3.8) is 0 Å². The van der Waals surface area contributed by atoms with Crippen molar-refractivity contribution in [2.75, 3.05) is 6.54 Å². The maximum absolute atomic E-state index is 12.6. The van der Waals surface area contributed by atoms with Gasteiger partial charge in [-0.3, -0.25) is 0 Å². The van der Waals surface area contributed by atoms with E-state index in [9.17, 15) is 21.6 Å². The molecule has 0 aromatic heterocycles. The van der Waals surface area contributed by atoms with Crippen molar-refractivity contribution in [3.8, 4) is 0 Å². The molecule has 1 aromatic carbocycles. The third kappa shape index (κ3) is 4.59. The van der Waals surface area contributed by atoms with Gasteiger partial charge in [0, 0.05) is 11.9 Å². The highest BCUT2D eigenvalue weighted by Crippen LogP contribution is 2.27. The molecule has 0 saturated carbocycles. The number of aryl methyl sites for hydroxylation is 1. The fourth-order valence-electron chi connectivity index (χ4n) is 1.85. The van der Waals surface area contributed by atoms with Crippen LogP contribution in [-0.2, 0) is 15.9 Å². The van der Waals surface area contributed by atoms with Crippen molar-refractivity contribution >= 4 is 21.6 Å². The highest BCUT2D eigenvalue weighted by atomic mass is 35.5. The predicted molar refractivity (Wildman–Crippen MR) is 75.8 cm³/mol. The molecule has 3 nitrogen and oxygen atoms in total. The summed E-state index contributed by atoms with van der Waals surface area (Å²) in [5, 5.41) is 0. The first kappa shape index (κ1) is 18.3. The van der Waals surface area contributed by atoms with Gasteiger partial charge in [-0.15, -0.1) is 11.6 Å². The van der Waals surface area contributed by atoms with Crippen LogP contribution in [0.2, 0.25) is 0 Å². The summed E-state index contributed by atoms with van der Waals surface area (Å²) < 4.78 is 63.4. The number of rotatable bonds is 5. The average Bonchev–Trinajstić information content (AvgIpc) is 2.35. The average molecular weight is 344 g/mol. The summed E-state index contributed by atoms with van der Waals surface area (Å²) in [4.78, 5) is -0.140. The van der Waals surface area contributed by atoms with Gasteiger partial charge in [0.1, 0.15) is 6.54 Å². The molecule has 0 fully saturated rings. The molecule has 1 rings (SSSR count). The Kier molecular flexibility index (Phi) is 5.69. The molecule has 0 atom stereocenters. The van der Waals surface area contributed by atoms with Crippen molar-refractivity contribution in [3.05, 3.63) is 29.3 Å². The van der Waals surface area contributed by atoms with Crippen LogP contribution in [0.1, 0.15) is 25.0 Å². The van der Waals surface area contributed by atoms with Crippen LogP contribution in [0.15, 0.2) is 23.1 Å². The second kappa shape index (κ2) is 6.54. The number of halogens is 4. The number of sulfonamides is 1. The summed E-state index contributed by atoms with van der Waals surface area (Å²) in [6.45, 7) is 2.84. The first-order valence-corrected chi connectivity index (χ1v) is 8.20. The molecule has 0 aliphatic rings. The minimum atomic E-state index is -4.60. The summed E-state index contributed by atoms with van der Waals surface area (Å²) >= 11 is 5.66. The Morgan fingerprint density at radius 2 is 1.86 bits per heavy atom. The van der Waals surface area contributed by atoms with E-state index < -0.39 is 28.8 Å². The standard InChI is InChI=1S/C13H17ClF3NO2S/c1-9(2)18(8-13(15,16)17)21(19,20)12-6-11(7-14)5-4-10(12)3/h4-6,9H,7-8H2,1-3H3. The summed E-state index contributed by atoms with van der Waals surface area (Å²) in [5.74, 6) is 0.0871. The van der Waals surface area contributed by atoms with E-state index in [1.807, 2.05) is 0 Å². The summed E-state index contributed by atoms with van der Waals surface area (Å²) in [5.41, 5.74) is 0.924. The summed E-state index contributed by atoms with van der Waals surface area (Å²) in [6.07, 6.45) is -4.60. The van der Waals surface area contributed by atoms with Crippen molar-refractivity contribution in [1.82, 2.24) is 4.31 Å². The van der Waals surface area contributed by atoms with Crippen LogP contribution in [0.25, 0.3) is 0 Å². The Morgan fingerprint density at radius 1 is 1.29 bits per heavy atom. The van der Waals surface area contributed by atoms with Crippen LogP contribution in [0, 0.1) is 6.92 Å². The monoisotopic (exact) mass is 343 g/mol. The zero-order valence-electron chi connectivity index (χ0n) is 11.9. The maximum atomic E-state index is 12.6. The van der Waals surface area contributed by atoms with E-state index in [-0.39, 0.29) is 10.8 Å². The van der Waals surface area contributed by atoms with E-state index in [0.29, 0.717) is 15.4 Å². The van der Waals surface area contributed by atoms with Gasteiger partial charge in [-0.25, -0.2) is 8.42 Å². The Hall–Kier alpha value is -0.790. The largest absolute Gasteiger partial charge is 0.402 e. The van der Waals surface area contributed by atoms with Gasteiger partial charge in [-0.05, 0) is 38.0 Å². The molecule has 0 N–H and O–H groups in total. The van der Waals surface area contributed by atoms with Gasteiger partial charge in [0.05, 0.1) is 4.90 Å². The van der Waals surface area contributed by atoms with Crippen LogP contribution in [0.4, 0.5) is 13.2 Å². The van der Waals surface area contributed by atoms with Gasteiger partial charge in [0.2, 0.25) is 10.0 Å². The van der Waals surface area contributed by atoms with Gasteiger partial charge in [-0.1, -0.05) is 12.1 Å². The van der Waals surface area contributed by atoms with Crippen molar-refractivity contribution in [2.45, 2.75) is 43.8 Å². The quantitative estimate of drug-likeness (QED) is 0.764. The molecule has 8 heteroatoms. The minimum Gasteiger partial charge on any atom is -0.207 e. The lowest BCUT2D eigenvalue weighted by Gasteiger charge is -2.27. The van der Waals surface area contributed by atoms with E-state index in [1.54, 1.807) is 6.07 Å². The van der Waals surface area contributed by atoms with E-state index in [0.717, 1.165) is 0 Å². The van der Waals surface area contributed by atoms with Crippen LogP contribution < -0.4 is 0 Å². The highest BCUT2D eigenvalue weighted by Gasteiger charge is 2.39. The van der Waals surface area contributed by atoms with Gasteiger partial charge < -0.3 is 0 Å². The van der Waals surface area contributed by atoms with Crippen molar-refractivity contribution in [1.29, 1.82) is 0 Å². The van der Waals surface area contributed by atoms with Crippen molar-refractivity contribution < 1.29 is 21.6 Å². The van der Waals surface area contributed by atoms with Crippen molar-refractivity contribution in [2.24, 2.45) is 0 Å². The predicted octanol–water partition coefficient (Wildman–Crippen LogP) is 3.70. The summed E-state index contributed by atoms with van der Waals surface area (Å²) in [6, 6.07) is 3.70. The molecule has 0 bridgehead atoms. The SMILES string of the molecule is Cc1ccc(CCl)cc1S(=O)(=O)N(CC(F)(F)F)C(C)C. The highest BCUT2D eigenvalue weighted by molar-refractivity contribution is 7.89. The molecule has 0 amide bonds. The molecule has 0 radical (unpaired) electrons. The normalized spacial score (nSPS) is 13.2. The van der Waals surface area contributed by atoms with Crippen LogP contribution in [0.3, 0.4) is 0 Å². The first-order valence-electron chi connectivity index (χ1n) is 6.23. The van der Waals surface area contributed by atoms with Crippen LogP contribution in [-0.4, -0.2) is 31.5 Å². The Balaban J connectivity index is 3.36. The number of nitrogens with zero attached hydrogens (tertiary/aromatic N) is 1. The lowest BCUT2D eigenvalue weighted by atomic mass is 10.2. The van der Waals surface area contributed by atoms with E-state index >= 15 is 0 Å². The Morgan fingerprint density at radius 3 is 2.29 bits per heavy atom. The van der Waals surface area contributed by atoms with Gasteiger partial charge >= 0.3 is 6.18 Å². The minimum absolute atomic E-state index is 0.0871. The molecule has 0 heterocycles. The van der Waals surface area contributed by atoms with Gasteiger partial charge in [-0.2, -0.15) is 17.5 Å². The van der Waals surface area contributed by atoms with Gasteiger partial charge in [0.15, 0.2) is 0 Å². The van der Waals surface area contributed by atoms with E-state index in [1.165, 1.54) is 32.9 Å². The molecule has 1 aromatic rings. The molecule has 120 valence electrons. The number of hydrogen-bond acceptors (Lipinski definition) is 2. The molecular weight excluding hydrogens is 327 g/mol. The van der Waals surface area contributed by atoms with E-state index in [4.69, 9.17) is 11.6 Å². The topological polar surface area (TPSA) is 37.4 Å². The second-order valence-corrected chi connectivity index (χ2v) is 7.12. The fourth-order valence-corrected chi connectivity index (χ4v) is 3.92. The van der Waals surface area contributed by atoms with E-state index in [2.05, 4.69) is 0 Å². The Labute approximate surface area is 127 Å². The molecule has 0 aliphatic carbocycles. The third-order valence-corrected chi connectivity index (χ3v) is 5.38. The smallest absolute Gasteiger partial charge is 0.207 e. The molecule has 0 spiro atoms. The third-order valence-electron chi connectivity index (χ3n) is 2.90. The van der Waals surface area contributed by atoms with Crippen LogP contribution >= 0.6 is 11.6 Å². The molecule has 21 heavy (non-hydrogen) atoms. The molecule has 0 saturated heterocycles. The number of alkyl halides is 4. The van der Waals surface area contributed by atoms with Gasteiger partial charge in [0.25, 0.3) is 0 Å². The number of hydrogen-bond donors (Lipinski definition) is 0. The molecule has 0 unspecified atom stereocenters. The zero-order chi connectivity index (χ0) is 16.4. The molecule has 0 aliphatic heterocycles. The lowest BCUT2D eigenvalue weighted by molar-refractivity contribution is -0.138. The second-order valence-electron chi connectivity index (χ2n) is 4.99.